The number of aromatic nitrogens is 4. The number of piperazine rings is 1. The summed E-state index contributed by atoms with van der Waals surface area (Å²) < 4.78 is 25.1. The number of methoxy groups -OCH3 is 1. The maximum absolute atomic E-state index is 12.8. The van der Waals surface area contributed by atoms with Crippen molar-refractivity contribution in [2.45, 2.75) is 26.1 Å². The second-order valence-electron chi connectivity index (χ2n) is 13.3. The molecule has 3 aromatic carbocycles. The number of carboxylic acid groups (broad SMARTS) is 1. The van der Waals surface area contributed by atoms with Gasteiger partial charge >= 0.3 is 5.97 Å². The molecule has 0 unspecified atom stereocenters. The molecule has 0 spiro atoms. The van der Waals surface area contributed by atoms with Gasteiger partial charge in [0, 0.05) is 50.9 Å². The fourth-order valence-electron chi connectivity index (χ4n) is 6.52. The molecule has 0 bridgehead atoms. The number of likely N-dealkylation sites (N-methyl/N-ethyl adjacent to an activating group) is 1. The van der Waals surface area contributed by atoms with E-state index in [-0.39, 0.29) is 18.9 Å². The largest absolute Gasteiger partial charge is 0.496 e. The lowest BCUT2D eigenvalue weighted by atomic mass is 10.0. The Morgan fingerprint density at radius 1 is 0.946 bits per heavy atom. The van der Waals surface area contributed by atoms with Crippen molar-refractivity contribution in [1.82, 2.24) is 29.7 Å². The van der Waals surface area contributed by atoms with Crippen LogP contribution in [0.25, 0.3) is 32.7 Å². The smallest absolute Gasteiger partial charge is 0.345 e. The van der Waals surface area contributed by atoms with E-state index in [2.05, 4.69) is 59.4 Å². The zero-order valence-corrected chi connectivity index (χ0v) is 34.8. The quantitative estimate of drug-likeness (QED) is 0.102. The summed E-state index contributed by atoms with van der Waals surface area (Å²) in [4.78, 5) is 36.3. The van der Waals surface area contributed by atoms with Crippen LogP contribution in [0.4, 0.5) is 0 Å². The monoisotopic (exact) mass is 906 g/mol. The lowest BCUT2D eigenvalue weighted by molar-refractivity contribution is -0.145. The van der Waals surface area contributed by atoms with E-state index in [0.717, 1.165) is 57.9 Å². The average Bonchev–Trinajstić information content (AvgIpc) is 3.55. The highest BCUT2D eigenvalue weighted by atomic mass is 127. The minimum atomic E-state index is -1.29. The van der Waals surface area contributed by atoms with E-state index < -0.39 is 12.1 Å². The maximum atomic E-state index is 12.8. The molecular formula is C41H40ClIN6O6S. The maximum Gasteiger partial charge on any atom is 0.345 e. The Bertz CT molecular complexity index is 2340. The summed E-state index contributed by atoms with van der Waals surface area (Å²) in [6, 6.07) is 20.5. The average molecular weight is 907 g/mol. The Hall–Kier alpha value is -4.61. The Kier molecular flexibility index (Phi) is 12.8. The highest BCUT2D eigenvalue weighted by Crippen LogP contribution is 2.46. The van der Waals surface area contributed by atoms with E-state index in [9.17, 15) is 9.90 Å². The number of rotatable bonds is 15. The molecule has 0 aliphatic carbocycles. The lowest BCUT2D eigenvalue weighted by Crippen LogP contribution is -2.45. The molecule has 1 aliphatic heterocycles. The fraction of sp³-hybridized carbons (Fsp3) is 0.293. The third-order valence-corrected chi connectivity index (χ3v) is 12.2. The first kappa shape index (κ1) is 39.6. The zero-order valence-electron chi connectivity index (χ0n) is 31.1. The minimum absolute atomic E-state index is 0.00875. The number of nitrogens with zero attached hydrogens (tertiary/aromatic N) is 6. The van der Waals surface area contributed by atoms with E-state index in [1.165, 1.54) is 17.7 Å². The summed E-state index contributed by atoms with van der Waals surface area (Å²) in [5.41, 5.74) is 4.57. The van der Waals surface area contributed by atoms with Crippen LogP contribution in [0.1, 0.15) is 16.8 Å². The number of benzene rings is 3. The number of thiophene rings is 1. The molecule has 1 atom stereocenters. The van der Waals surface area contributed by atoms with Crippen LogP contribution < -0.4 is 18.9 Å². The molecule has 56 heavy (non-hydrogen) atoms. The van der Waals surface area contributed by atoms with Gasteiger partial charge in [0.05, 0.1) is 31.7 Å². The number of hydrogen-bond acceptors (Lipinski definition) is 12. The summed E-state index contributed by atoms with van der Waals surface area (Å²) >= 11 is 10.7. The van der Waals surface area contributed by atoms with E-state index in [1.54, 1.807) is 25.4 Å². The van der Waals surface area contributed by atoms with Crippen LogP contribution in [0.5, 0.6) is 23.1 Å². The van der Waals surface area contributed by atoms with E-state index in [4.69, 9.17) is 30.5 Å². The predicted molar refractivity (Wildman–Crippen MR) is 225 cm³/mol. The summed E-state index contributed by atoms with van der Waals surface area (Å²) in [6.45, 7) is 7.56. The topological polar surface area (TPSA) is 132 Å². The fourth-order valence-corrected chi connectivity index (χ4v) is 8.80. The third kappa shape index (κ3) is 8.99. The lowest BCUT2D eigenvalue weighted by Gasteiger charge is -2.32. The third-order valence-electron chi connectivity index (χ3n) is 9.64. The molecule has 0 radical (unpaired) electrons. The van der Waals surface area contributed by atoms with Gasteiger partial charge in [-0.15, -0.1) is 11.3 Å². The van der Waals surface area contributed by atoms with Crippen molar-refractivity contribution in [2.24, 2.45) is 0 Å². The SMILES string of the molecule is COc1ccccc1-c1nccc(COc2ccccc2C[C@@H](Oc2ncnc3sc(I)c(-c4ccc(OCCN5CCN(C)CC5)c(Cl)c4C)c23)C(=O)O)n1. The van der Waals surface area contributed by atoms with Crippen LogP contribution in [0.3, 0.4) is 0 Å². The first-order chi connectivity index (χ1) is 27.2. The summed E-state index contributed by atoms with van der Waals surface area (Å²) in [7, 11) is 3.74. The first-order valence-corrected chi connectivity index (χ1v) is 20.3. The van der Waals surface area contributed by atoms with Crippen molar-refractivity contribution >= 4 is 61.7 Å². The number of ether oxygens (including phenoxy) is 4. The Morgan fingerprint density at radius 3 is 2.50 bits per heavy atom. The standard InChI is InChI=1S/C41H40ClIN6O6S/c1-25-28(12-13-32(36(25)42)53-21-20-49-18-16-48(2)17-19-49)34-35-39(45-24-46-40(35)56-37(34)43)55-33(41(50)51)22-26-8-4-6-10-30(26)54-23-27-14-15-44-38(47-27)29-9-5-7-11-31(29)52-3/h4-15,24,33H,16-23H2,1-3H3,(H,50,51)/t33-/m1/s1. The van der Waals surface area contributed by atoms with Gasteiger partial charge in [-0.1, -0.05) is 48.0 Å². The van der Waals surface area contributed by atoms with Gasteiger partial charge in [-0.25, -0.2) is 24.7 Å². The van der Waals surface area contributed by atoms with Crippen LogP contribution in [-0.2, 0) is 17.8 Å². The number of halogens is 2. The van der Waals surface area contributed by atoms with Crippen LogP contribution in [0.2, 0.25) is 5.02 Å². The van der Waals surface area contributed by atoms with Gasteiger partial charge in [0.1, 0.15) is 41.6 Å². The molecule has 1 fully saturated rings. The van der Waals surface area contributed by atoms with Gasteiger partial charge in [-0.2, -0.15) is 0 Å². The molecule has 1 saturated heterocycles. The highest BCUT2D eigenvalue weighted by molar-refractivity contribution is 14.1. The highest BCUT2D eigenvalue weighted by Gasteiger charge is 2.27. The molecule has 3 aromatic heterocycles. The Morgan fingerprint density at radius 2 is 1.71 bits per heavy atom. The first-order valence-electron chi connectivity index (χ1n) is 18.0. The summed E-state index contributed by atoms with van der Waals surface area (Å²) in [6.07, 6.45) is 1.78. The normalized spacial score (nSPS) is 14.1. The van der Waals surface area contributed by atoms with Crippen molar-refractivity contribution in [3.63, 3.8) is 0 Å². The number of aliphatic carboxylic acids is 1. The molecule has 15 heteroatoms. The second kappa shape index (κ2) is 18.1. The Balaban J connectivity index is 1.09. The van der Waals surface area contributed by atoms with Crippen LogP contribution in [-0.4, -0.2) is 100 Å². The second-order valence-corrected chi connectivity index (χ2v) is 16.5. The Labute approximate surface area is 347 Å². The van der Waals surface area contributed by atoms with Gasteiger partial charge < -0.3 is 29.0 Å². The molecule has 4 heterocycles. The van der Waals surface area contributed by atoms with Crippen LogP contribution in [0.15, 0.2) is 79.3 Å². The van der Waals surface area contributed by atoms with E-state index >= 15 is 0 Å². The minimum Gasteiger partial charge on any atom is -0.496 e. The van der Waals surface area contributed by atoms with Gasteiger partial charge in [0.15, 0.2) is 5.82 Å². The molecule has 1 aliphatic rings. The van der Waals surface area contributed by atoms with Gasteiger partial charge in [-0.3, -0.25) is 4.90 Å². The van der Waals surface area contributed by atoms with Crippen molar-refractivity contribution in [2.75, 3.05) is 53.5 Å². The van der Waals surface area contributed by atoms with E-state index in [0.29, 0.717) is 56.2 Å². The molecule has 1 N–H and O–H groups in total. The predicted octanol–water partition coefficient (Wildman–Crippen LogP) is 7.67. The molecule has 0 saturated carbocycles. The van der Waals surface area contributed by atoms with Crippen molar-refractivity contribution in [3.05, 3.63) is 104 Å². The molecule has 7 rings (SSSR count). The molecule has 12 nitrogen and oxygen atoms in total. The molecule has 0 amide bonds. The molecule has 290 valence electrons. The van der Waals surface area contributed by atoms with Crippen molar-refractivity contribution in [1.29, 1.82) is 0 Å². The van der Waals surface area contributed by atoms with Crippen molar-refractivity contribution < 1.29 is 28.8 Å². The molecule has 6 aromatic rings. The van der Waals surface area contributed by atoms with E-state index in [1.807, 2.05) is 61.5 Å². The zero-order chi connectivity index (χ0) is 39.2. The van der Waals surface area contributed by atoms with Crippen LogP contribution >= 0.6 is 45.5 Å². The summed E-state index contributed by atoms with van der Waals surface area (Å²) in [5, 5.41) is 11.6. The number of carbonyl (C=O) groups is 1. The number of carboxylic acids is 1. The number of hydrogen-bond donors (Lipinski definition) is 1. The van der Waals surface area contributed by atoms with Gasteiger partial charge in [0.25, 0.3) is 0 Å². The van der Waals surface area contributed by atoms with Crippen molar-refractivity contribution in [3.8, 4) is 45.6 Å². The summed E-state index contributed by atoms with van der Waals surface area (Å²) in [5.74, 6) is 1.32. The van der Waals surface area contributed by atoms with Gasteiger partial charge in [-0.05, 0) is 83.6 Å². The number of fused-ring (bicyclic) bond motifs is 1. The van der Waals surface area contributed by atoms with Crippen LogP contribution in [0, 0.1) is 9.81 Å². The number of para-hydroxylation sites is 2. The molecular weight excluding hydrogens is 867 g/mol. The van der Waals surface area contributed by atoms with Gasteiger partial charge in [0.2, 0.25) is 12.0 Å².